The predicted molar refractivity (Wildman–Crippen MR) is 109 cm³/mol. The average Bonchev–Trinajstić information content (AvgIpc) is 2.93. The highest BCUT2D eigenvalue weighted by atomic mass is 127. The van der Waals surface area contributed by atoms with Crippen molar-refractivity contribution < 1.29 is 4.79 Å². The van der Waals surface area contributed by atoms with E-state index in [9.17, 15) is 4.79 Å². The van der Waals surface area contributed by atoms with Crippen molar-refractivity contribution in [2.75, 3.05) is 33.7 Å². The van der Waals surface area contributed by atoms with Crippen LogP contribution in [0.2, 0.25) is 0 Å². The van der Waals surface area contributed by atoms with E-state index in [2.05, 4.69) is 52.2 Å². The molecule has 1 N–H and O–H groups in total. The molecule has 1 aliphatic heterocycles. The summed E-state index contributed by atoms with van der Waals surface area (Å²) in [6, 6.07) is 4.18. The Morgan fingerprint density at radius 3 is 2.58 bits per heavy atom. The van der Waals surface area contributed by atoms with E-state index in [-0.39, 0.29) is 29.9 Å². The van der Waals surface area contributed by atoms with Gasteiger partial charge in [-0.2, -0.15) is 0 Å². The van der Waals surface area contributed by atoms with Gasteiger partial charge in [0.15, 0.2) is 5.96 Å². The first-order valence-corrected chi connectivity index (χ1v) is 8.28. The SMILES string of the molecule is CN=C(NCC1CCN(C(C)=O)CC1)N(C)Cc1cccn1C.I. The number of hydrogen-bond donors (Lipinski definition) is 1. The minimum atomic E-state index is 0. The van der Waals surface area contributed by atoms with Crippen LogP contribution in [0, 0.1) is 5.92 Å². The fourth-order valence-corrected chi connectivity index (χ4v) is 3.05. The number of amides is 1. The van der Waals surface area contributed by atoms with Crippen LogP contribution in [0.1, 0.15) is 25.5 Å². The maximum atomic E-state index is 11.4. The van der Waals surface area contributed by atoms with Crippen LogP contribution in [-0.4, -0.2) is 60.0 Å². The third-order valence-corrected chi connectivity index (χ3v) is 4.63. The molecule has 0 bridgehead atoms. The maximum absolute atomic E-state index is 11.4. The van der Waals surface area contributed by atoms with Gasteiger partial charge < -0.3 is 19.7 Å². The second-order valence-electron chi connectivity index (χ2n) is 6.34. The van der Waals surface area contributed by atoms with E-state index in [1.165, 1.54) is 5.69 Å². The van der Waals surface area contributed by atoms with E-state index in [0.29, 0.717) is 5.92 Å². The molecule has 24 heavy (non-hydrogen) atoms. The van der Waals surface area contributed by atoms with Gasteiger partial charge in [0.25, 0.3) is 0 Å². The summed E-state index contributed by atoms with van der Waals surface area (Å²) < 4.78 is 2.13. The van der Waals surface area contributed by atoms with Crippen LogP contribution in [0.5, 0.6) is 0 Å². The Bertz CT molecular complexity index is 549. The molecule has 0 atom stereocenters. The molecule has 0 saturated carbocycles. The summed E-state index contributed by atoms with van der Waals surface area (Å²) in [5, 5.41) is 3.48. The summed E-state index contributed by atoms with van der Waals surface area (Å²) in [4.78, 5) is 19.8. The van der Waals surface area contributed by atoms with Crippen molar-refractivity contribution in [1.29, 1.82) is 0 Å². The van der Waals surface area contributed by atoms with Gasteiger partial charge >= 0.3 is 0 Å². The molecule has 1 aromatic heterocycles. The van der Waals surface area contributed by atoms with Crippen molar-refractivity contribution in [1.82, 2.24) is 19.7 Å². The largest absolute Gasteiger partial charge is 0.356 e. The number of rotatable bonds is 4. The Morgan fingerprint density at radius 2 is 2.08 bits per heavy atom. The number of halogens is 1. The van der Waals surface area contributed by atoms with Gasteiger partial charge in [-0.25, -0.2) is 0 Å². The van der Waals surface area contributed by atoms with E-state index >= 15 is 0 Å². The van der Waals surface area contributed by atoms with Gasteiger partial charge in [0.1, 0.15) is 0 Å². The molecule has 1 saturated heterocycles. The lowest BCUT2D eigenvalue weighted by Crippen LogP contribution is -2.44. The fraction of sp³-hybridized carbons (Fsp3) is 0.647. The van der Waals surface area contributed by atoms with Crippen LogP contribution in [0.15, 0.2) is 23.3 Å². The minimum absolute atomic E-state index is 0. The molecular weight excluding hydrogens is 417 g/mol. The molecular formula is C17H30IN5O. The average molecular weight is 447 g/mol. The molecule has 1 fully saturated rings. The van der Waals surface area contributed by atoms with Gasteiger partial charge in [-0.05, 0) is 30.9 Å². The summed E-state index contributed by atoms with van der Waals surface area (Å²) in [5.74, 6) is 1.71. The highest BCUT2D eigenvalue weighted by Gasteiger charge is 2.21. The molecule has 2 heterocycles. The zero-order valence-corrected chi connectivity index (χ0v) is 17.5. The molecule has 2 rings (SSSR count). The number of hydrogen-bond acceptors (Lipinski definition) is 2. The summed E-state index contributed by atoms with van der Waals surface area (Å²) in [6.07, 6.45) is 4.18. The summed E-state index contributed by atoms with van der Waals surface area (Å²) in [7, 11) is 5.94. The Morgan fingerprint density at radius 1 is 1.42 bits per heavy atom. The van der Waals surface area contributed by atoms with Gasteiger partial charge in [-0.3, -0.25) is 9.79 Å². The van der Waals surface area contributed by atoms with Gasteiger partial charge in [-0.15, -0.1) is 24.0 Å². The smallest absolute Gasteiger partial charge is 0.219 e. The Balaban J connectivity index is 0.00000288. The minimum Gasteiger partial charge on any atom is -0.356 e. The van der Waals surface area contributed by atoms with Crippen molar-refractivity contribution in [3.05, 3.63) is 24.0 Å². The molecule has 0 aliphatic carbocycles. The monoisotopic (exact) mass is 447 g/mol. The number of aryl methyl sites for hydroxylation is 1. The molecule has 1 aromatic rings. The zero-order chi connectivity index (χ0) is 16.8. The predicted octanol–water partition coefficient (Wildman–Crippen LogP) is 1.91. The molecule has 0 aromatic carbocycles. The van der Waals surface area contributed by atoms with Gasteiger partial charge in [0.2, 0.25) is 5.91 Å². The number of guanidine groups is 1. The van der Waals surface area contributed by atoms with E-state index in [0.717, 1.165) is 45.0 Å². The van der Waals surface area contributed by atoms with E-state index in [4.69, 9.17) is 0 Å². The number of carbonyl (C=O) groups excluding carboxylic acids is 1. The number of nitrogens with zero attached hydrogens (tertiary/aromatic N) is 4. The fourth-order valence-electron chi connectivity index (χ4n) is 3.05. The van der Waals surface area contributed by atoms with Crippen molar-refractivity contribution in [2.45, 2.75) is 26.3 Å². The summed E-state index contributed by atoms with van der Waals surface area (Å²) in [5.41, 5.74) is 1.25. The number of likely N-dealkylation sites (tertiary alicyclic amines) is 1. The van der Waals surface area contributed by atoms with Gasteiger partial charge in [0.05, 0.1) is 6.54 Å². The van der Waals surface area contributed by atoms with E-state index in [1.54, 1.807) is 6.92 Å². The number of piperidine rings is 1. The van der Waals surface area contributed by atoms with Crippen LogP contribution in [0.25, 0.3) is 0 Å². The standard InChI is InChI=1S/C17H29N5O.HI/c1-14(23)22-10-7-15(8-11-22)12-19-17(18-2)21(4)13-16-6-5-9-20(16)3;/h5-6,9,15H,7-8,10-13H2,1-4H3,(H,18,19);1H. The second-order valence-corrected chi connectivity index (χ2v) is 6.34. The Labute approximate surface area is 162 Å². The molecule has 7 heteroatoms. The van der Waals surface area contributed by atoms with Crippen molar-refractivity contribution in [3.8, 4) is 0 Å². The number of carbonyl (C=O) groups is 1. The molecule has 0 spiro atoms. The van der Waals surface area contributed by atoms with Crippen molar-refractivity contribution in [3.63, 3.8) is 0 Å². The van der Waals surface area contributed by atoms with E-state index < -0.39 is 0 Å². The third kappa shape index (κ3) is 5.68. The highest BCUT2D eigenvalue weighted by molar-refractivity contribution is 14.0. The highest BCUT2D eigenvalue weighted by Crippen LogP contribution is 2.16. The van der Waals surface area contributed by atoms with Crippen molar-refractivity contribution in [2.24, 2.45) is 18.0 Å². The van der Waals surface area contributed by atoms with Gasteiger partial charge in [-0.1, -0.05) is 0 Å². The molecule has 1 amide bonds. The Hall–Kier alpha value is -1.25. The first-order valence-electron chi connectivity index (χ1n) is 8.28. The number of nitrogens with one attached hydrogen (secondary N) is 1. The molecule has 136 valence electrons. The van der Waals surface area contributed by atoms with Crippen LogP contribution >= 0.6 is 24.0 Å². The zero-order valence-electron chi connectivity index (χ0n) is 15.2. The molecule has 0 radical (unpaired) electrons. The van der Waals surface area contributed by atoms with E-state index in [1.807, 2.05) is 11.9 Å². The molecule has 1 aliphatic rings. The van der Waals surface area contributed by atoms with Crippen LogP contribution in [0.3, 0.4) is 0 Å². The quantitative estimate of drug-likeness (QED) is 0.436. The van der Waals surface area contributed by atoms with Crippen LogP contribution < -0.4 is 5.32 Å². The molecule has 0 unspecified atom stereocenters. The topological polar surface area (TPSA) is 52.9 Å². The summed E-state index contributed by atoms with van der Waals surface area (Å²) >= 11 is 0. The third-order valence-electron chi connectivity index (χ3n) is 4.63. The normalized spacial score (nSPS) is 15.8. The lowest BCUT2D eigenvalue weighted by Gasteiger charge is -2.32. The first-order chi connectivity index (χ1) is 11.0. The molecule has 6 nitrogen and oxygen atoms in total. The van der Waals surface area contributed by atoms with Crippen LogP contribution in [-0.2, 0) is 18.4 Å². The van der Waals surface area contributed by atoms with Crippen LogP contribution in [0.4, 0.5) is 0 Å². The summed E-state index contributed by atoms with van der Waals surface area (Å²) in [6.45, 7) is 5.14. The van der Waals surface area contributed by atoms with Crippen molar-refractivity contribution >= 4 is 35.8 Å². The number of aliphatic imine (C=N–C) groups is 1. The second kappa shape index (κ2) is 9.90. The maximum Gasteiger partial charge on any atom is 0.219 e. The van der Waals surface area contributed by atoms with Gasteiger partial charge in [0, 0.05) is 59.6 Å². The Kier molecular flexibility index (Phi) is 8.58. The lowest BCUT2D eigenvalue weighted by atomic mass is 9.97. The first kappa shape index (κ1) is 20.8. The lowest BCUT2D eigenvalue weighted by molar-refractivity contribution is -0.130. The number of aromatic nitrogens is 1.